The third-order valence-corrected chi connectivity index (χ3v) is 13.4. The standard InChI is InChI=1S/C64H34N8/c65-35-40-23-41(36-66)26-49(25-40)47-19-21-60-54(31-47)52-15-7-9-17-58(52)71(60)62-29-44(39-69)30-63(64(62)51-33-56(45-11-3-1-4-12-45)70-57(34-51)46-13-5-2-6-14-46)72-59-18-10-8-16-53(59)55-32-48(20-22-61(55)72)50-27-42(37-67)24-43(28-50)38-68/h1-34H. The molecule has 8 heteroatoms. The second-order valence-corrected chi connectivity index (χ2v) is 17.6. The first kappa shape index (κ1) is 42.5. The first-order valence-electron chi connectivity index (χ1n) is 23.1. The van der Waals surface area contributed by atoms with Crippen molar-refractivity contribution < 1.29 is 0 Å². The first-order chi connectivity index (χ1) is 35.4. The van der Waals surface area contributed by atoms with Crippen LogP contribution in [-0.4, -0.2) is 14.1 Å². The molecular formula is C64H34N8. The molecule has 3 heterocycles. The Hall–Kier alpha value is -10.8. The average molecular weight is 915 g/mol. The molecule has 0 spiro atoms. The molecule has 0 bridgehead atoms. The van der Waals surface area contributed by atoms with Crippen LogP contribution in [0.15, 0.2) is 206 Å². The smallest absolute Gasteiger partial charge is 0.0993 e. The number of hydrogen-bond acceptors (Lipinski definition) is 6. The molecule has 0 saturated heterocycles. The predicted octanol–water partition coefficient (Wildman–Crippen LogP) is 15.0. The van der Waals surface area contributed by atoms with Crippen LogP contribution in [0.4, 0.5) is 0 Å². The minimum Gasteiger partial charge on any atom is -0.308 e. The van der Waals surface area contributed by atoms with E-state index in [4.69, 9.17) is 4.98 Å². The van der Waals surface area contributed by atoms with Crippen molar-refractivity contribution in [3.05, 3.63) is 234 Å². The number of nitriles is 5. The summed E-state index contributed by atoms with van der Waals surface area (Å²) < 4.78 is 4.48. The highest BCUT2D eigenvalue weighted by Crippen LogP contribution is 2.45. The maximum atomic E-state index is 11.1. The first-order valence-corrected chi connectivity index (χ1v) is 23.1. The van der Waals surface area contributed by atoms with E-state index < -0.39 is 0 Å². The summed E-state index contributed by atoms with van der Waals surface area (Å²) in [6.45, 7) is 0. The van der Waals surface area contributed by atoms with Crippen LogP contribution in [0.25, 0.3) is 111 Å². The van der Waals surface area contributed by atoms with Crippen LogP contribution in [0, 0.1) is 56.7 Å². The number of benzene rings is 9. The molecular weight excluding hydrogens is 881 g/mol. The molecule has 0 amide bonds. The molecule has 0 saturated carbocycles. The zero-order valence-corrected chi connectivity index (χ0v) is 38.2. The van der Waals surface area contributed by atoms with Gasteiger partial charge in [-0.1, -0.05) is 109 Å². The Bertz CT molecular complexity index is 4110. The molecule has 72 heavy (non-hydrogen) atoms. The lowest BCUT2D eigenvalue weighted by molar-refractivity contribution is 1.13. The Morgan fingerprint density at radius 2 is 0.639 bits per heavy atom. The number of para-hydroxylation sites is 2. The van der Waals surface area contributed by atoms with Crippen molar-refractivity contribution in [3.63, 3.8) is 0 Å². The van der Waals surface area contributed by atoms with Gasteiger partial charge in [0.2, 0.25) is 0 Å². The number of fused-ring (bicyclic) bond motifs is 6. The second-order valence-electron chi connectivity index (χ2n) is 17.6. The summed E-state index contributed by atoms with van der Waals surface area (Å²) in [5, 5.41) is 54.5. The van der Waals surface area contributed by atoms with Gasteiger partial charge in [0.25, 0.3) is 0 Å². The van der Waals surface area contributed by atoms with Crippen molar-refractivity contribution in [3.8, 4) is 97.6 Å². The fourth-order valence-corrected chi connectivity index (χ4v) is 10.2. The Labute approximate surface area is 413 Å². The van der Waals surface area contributed by atoms with Crippen LogP contribution in [0.2, 0.25) is 0 Å². The molecule has 0 N–H and O–H groups in total. The molecule has 0 aliphatic carbocycles. The summed E-state index contributed by atoms with van der Waals surface area (Å²) in [5.41, 5.74) is 15.6. The molecule has 12 aromatic rings. The van der Waals surface area contributed by atoms with Crippen molar-refractivity contribution in [1.82, 2.24) is 14.1 Å². The molecule has 330 valence electrons. The number of hydrogen-bond donors (Lipinski definition) is 0. The van der Waals surface area contributed by atoms with E-state index in [1.165, 1.54) is 0 Å². The van der Waals surface area contributed by atoms with Gasteiger partial charge in [0, 0.05) is 38.2 Å². The third kappa shape index (κ3) is 7.17. The highest BCUT2D eigenvalue weighted by atomic mass is 15.0. The number of aromatic nitrogens is 3. The van der Waals surface area contributed by atoms with Gasteiger partial charge in [-0.15, -0.1) is 0 Å². The normalized spacial score (nSPS) is 11.0. The quantitative estimate of drug-likeness (QED) is 0.156. The number of rotatable bonds is 7. The highest BCUT2D eigenvalue weighted by molar-refractivity contribution is 6.13. The number of pyridine rings is 1. The van der Waals surface area contributed by atoms with E-state index >= 15 is 0 Å². The van der Waals surface area contributed by atoms with Crippen LogP contribution in [0.5, 0.6) is 0 Å². The summed E-state index contributed by atoms with van der Waals surface area (Å²) in [7, 11) is 0. The van der Waals surface area contributed by atoms with E-state index in [0.29, 0.717) is 27.8 Å². The van der Waals surface area contributed by atoms with Gasteiger partial charge in [0.15, 0.2) is 0 Å². The van der Waals surface area contributed by atoms with E-state index in [9.17, 15) is 26.3 Å². The van der Waals surface area contributed by atoms with Gasteiger partial charge >= 0.3 is 0 Å². The van der Waals surface area contributed by atoms with Crippen LogP contribution in [-0.2, 0) is 0 Å². The molecule has 0 radical (unpaired) electrons. The second kappa shape index (κ2) is 17.4. The summed E-state index contributed by atoms with van der Waals surface area (Å²) in [6.07, 6.45) is 0. The Morgan fingerprint density at radius 1 is 0.278 bits per heavy atom. The van der Waals surface area contributed by atoms with Crippen LogP contribution in [0.1, 0.15) is 27.8 Å². The van der Waals surface area contributed by atoms with E-state index in [1.54, 1.807) is 12.1 Å². The maximum absolute atomic E-state index is 11.1. The Morgan fingerprint density at radius 3 is 1.04 bits per heavy atom. The zero-order valence-electron chi connectivity index (χ0n) is 38.2. The molecule has 8 nitrogen and oxygen atoms in total. The molecule has 0 atom stereocenters. The number of nitrogens with zero attached hydrogens (tertiary/aromatic N) is 8. The summed E-state index contributed by atoms with van der Waals surface area (Å²) in [5.74, 6) is 0. The molecule has 0 aliphatic heterocycles. The fourth-order valence-electron chi connectivity index (χ4n) is 10.2. The molecule has 12 rings (SSSR count). The summed E-state index contributed by atoms with van der Waals surface area (Å²) >= 11 is 0. The van der Waals surface area contributed by atoms with Gasteiger partial charge in [0.1, 0.15) is 0 Å². The zero-order chi connectivity index (χ0) is 48.9. The minimum absolute atomic E-state index is 0.404. The highest BCUT2D eigenvalue weighted by Gasteiger charge is 2.25. The van der Waals surface area contributed by atoms with Crippen molar-refractivity contribution >= 4 is 43.6 Å². The molecule has 0 unspecified atom stereocenters. The fraction of sp³-hybridized carbons (Fsp3) is 0. The monoisotopic (exact) mass is 914 g/mol. The minimum atomic E-state index is 0.404. The van der Waals surface area contributed by atoms with E-state index in [2.05, 4.69) is 124 Å². The van der Waals surface area contributed by atoms with Crippen LogP contribution in [0.3, 0.4) is 0 Å². The van der Waals surface area contributed by atoms with Gasteiger partial charge in [-0.3, -0.25) is 0 Å². The summed E-state index contributed by atoms with van der Waals surface area (Å²) in [4.78, 5) is 5.30. The van der Waals surface area contributed by atoms with Gasteiger partial charge in [-0.05, 0) is 125 Å². The average Bonchev–Trinajstić information content (AvgIpc) is 3.97. The van der Waals surface area contributed by atoms with Crippen molar-refractivity contribution in [2.24, 2.45) is 0 Å². The SMILES string of the molecule is N#Cc1cc(C#N)cc(-c2ccc3c(c2)c2ccccc2n3-c2cc(C#N)cc(-n3c4ccccc4c4cc(-c5cc(C#N)cc(C#N)c5)ccc43)c2-c2cc(-c3ccccc3)nc(-c3ccccc3)c2)c1. The largest absolute Gasteiger partial charge is 0.308 e. The van der Waals surface area contributed by atoms with Crippen molar-refractivity contribution in [1.29, 1.82) is 26.3 Å². The maximum Gasteiger partial charge on any atom is 0.0993 e. The lowest BCUT2D eigenvalue weighted by Crippen LogP contribution is -2.05. The van der Waals surface area contributed by atoms with Crippen LogP contribution >= 0.6 is 0 Å². The predicted molar refractivity (Wildman–Crippen MR) is 284 cm³/mol. The molecule has 3 aromatic heterocycles. The molecule has 0 fully saturated rings. The van der Waals surface area contributed by atoms with Crippen LogP contribution < -0.4 is 0 Å². The van der Waals surface area contributed by atoms with Gasteiger partial charge in [-0.25, -0.2) is 4.98 Å². The van der Waals surface area contributed by atoms with E-state index in [1.807, 2.05) is 109 Å². The molecule has 9 aromatic carbocycles. The molecule has 0 aliphatic rings. The Balaban J connectivity index is 1.21. The topological polar surface area (TPSA) is 142 Å². The Kier molecular flexibility index (Phi) is 10.3. The van der Waals surface area contributed by atoms with Crippen molar-refractivity contribution in [2.75, 3.05) is 0 Å². The lowest BCUT2D eigenvalue weighted by atomic mass is 9.95. The summed E-state index contributed by atoms with van der Waals surface area (Å²) in [6, 6.07) is 79.2. The lowest BCUT2D eigenvalue weighted by Gasteiger charge is -2.22. The van der Waals surface area contributed by atoms with E-state index in [0.717, 1.165) is 111 Å². The van der Waals surface area contributed by atoms with Gasteiger partial charge < -0.3 is 9.13 Å². The van der Waals surface area contributed by atoms with Gasteiger partial charge in [0.05, 0.1) is 103 Å². The third-order valence-electron chi connectivity index (χ3n) is 13.4. The van der Waals surface area contributed by atoms with Crippen molar-refractivity contribution in [2.45, 2.75) is 0 Å². The van der Waals surface area contributed by atoms with Gasteiger partial charge in [-0.2, -0.15) is 26.3 Å². The van der Waals surface area contributed by atoms with E-state index in [-0.39, 0.29) is 0 Å².